The van der Waals surface area contributed by atoms with Crippen molar-refractivity contribution in [2.24, 2.45) is 0 Å². The van der Waals surface area contributed by atoms with E-state index in [1.54, 1.807) is 0 Å². The number of nitrogens with one attached hydrogen (secondary N) is 1. The van der Waals surface area contributed by atoms with Crippen LogP contribution < -0.4 is 5.32 Å². The number of hydrogen-bond acceptors (Lipinski definition) is 2. The molecule has 0 aliphatic carbocycles. The average molecular weight is 203 g/mol. The Bertz CT molecular complexity index is 451. The van der Waals surface area contributed by atoms with Crippen LogP contribution in [0.2, 0.25) is 0 Å². The third-order valence-electron chi connectivity index (χ3n) is 2.27. The van der Waals surface area contributed by atoms with E-state index < -0.39 is 0 Å². The van der Waals surface area contributed by atoms with Crippen molar-refractivity contribution in [1.82, 2.24) is 14.7 Å². The first-order valence-electron chi connectivity index (χ1n) is 5.21. The minimum Gasteiger partial charge on any atom is -0.308 e. The van der Waals surface area contributed by atoms with E-state index >= 15 is 0 Å². The maximum Gasteiger partial charge on any atom is 0.136 e. The maximum atomic E-state index is 4.21. The molecule has 2 heterocycles. The molecule has 0 aromatic carbocycles. The maximum absolute atomic E-state index is 4.21. The molecule has 0 unspecified atom stereocenters. The van der Waals surface area contributed by atoms with Gasteiger partial charge in [0.15, 0.2) is 0 Å². The van der Waals surface area contributed by atoms with Crippen LogP contribution in [0.5, 0.6) is 0 Å². The van der Waals surface area contributed by atoms with Crippen LogP contribution in [0.1, 0.15) is 26.3 Å². The van der Waals surface area contributed by atoms with Crippen molar-refractivity contribution < 1.29 is 0 Å². The molecule has 0 aliphatic rings. The highest BCUT2D eigenvalue weighted by molar-refractivity contribution is 5.39. The third kappa shape index (κ3) is 2.57. The standard InChI is InChI=1S/C12H17N3/c1-12(2,3)14-8-10-4-5-11-13-6-7-15(11)9-10/h4-7,9,14H,8H2,1-3H3. The lowest BCUT2D eigenvalue weighted by Gasteiger charge is -2.20. The Morgan fingerprint density at radius 2 is 2.13 bits per heavy atom. The van der Waals surface area contributed by atoms with Gasteiger partial charge in [0.1, 0.15) is 5.65 Å². The quantitative estimate of drug-likeness (QED) is 0.811. The third-order valence-corrected chi connectivity index (χ3v) is 2.27. The van der Waals surface area contributed by atoms with Gasteiger partial charge in [0, 0.05) is 30.7 Å². The number of nitrogens with zero attached hydrogens (tertiary/aromatic N) is 2. The molecule has 0 saturated heterocycles. The van der Waals surface area contributed by atoms with Crippen LogP contribution in [0.4, 0.5) is 0 Å². The van der Waals surface area contributed by atoms with Crippen LogP contribution in [0.15, 0.2) is 30.7 Å². The molecule has 3 heteroatoms. The number of hydrogen-bond donors (Lipinski definition) is 1. The van der Waals surface area contributed by atoms with Crippen molar-refractivity contribution >= 4 is 5.65 Å². The summed E-state index contributed by atoms with van der Waals surface area (Å²) in [6, 6.07) is 4.15. The lowest BCUT2D eigenvalue weighted by molar-refractivity contribution is 0.424. The van der Waals surface area contributed by atoms with E-state index in [1.807, 2.05) is 22.9 Å². The van der Waals surface area contributed by atoms with Gasteiger partial charge in [0.05, 0.1) is 0 Å². The second-order valence-corrected chi connectivity index (χ2v) is 4.83. The van der Waals surface area contributed by atoms with E-state index in [0.29, 0.717) is 0 Å². The minimum absolute atomic E-state index is 0.157. The summed E-state index contributed by atoms with van der Waals surface area (Å²) in [4.78, 5) is 4.21. The summed E-state index contributed by atoms with van der Waals surface area (Å²) >= 11 is 0. The Morgan fingerprint density at radius 1 is 1.33 bits per heavy atom. The van der Waals surface area contributed by atoms with Crippen LogP contribution in [-0.2, 0) is 6.54 Å². The summed E-state index contributed by atoms with van der Waals surface area (Å²) in [5, 5.41) is 3.46. The van der Waals surface area contributed by atoms with Crippen LogP contribution in [0.25, 0.3) is 5.65 Å². The summed E-state index contributed by atoms with van der Waals surface area (Å²) in [7, 11) is 0. The van der Waals surface area contributed by atoms with Gasteiger partial charge in [-0.25, -0.2) is 4.98 Å². The molecule has 0 aliphatic heterocycles. The predicted molar refractivity (Wildman–Crippen MR) is 61.8 cm³/mol. The zero-order chi connectivity index (χ0) is 10.9. The van der Waals surface area contributed by atoms with Gasteiger partial charge in [0.2, 0.25) is 0 Å². The molecule has 0 atom stereocenters. The van der Waals surface area contributed by atoms with Crippen molar-refractivity contribution in [3.63, 3.8) is 0 Å². The summed E-state index contributed by atoms with van der Waals surface area (Å²) in [5.74, 6) is 0. The van der Waals surface area contributed by atoms with Gasteiger partial charge in [-0.3, -0.25) is 0 Å². The lowest BCUT2D eigenvalue weighted by Crippen LogP contribution is -2.35. The monoisotopic (exact) mass is 203 g/mol. The molecular formula is C12H17N3. The van der Waals surface area contributed by atoms with Crippen LogP contribution in [-0.4, -0.2) is 14.9 Å². The lowest BCUT2D eigenvalue weighted by atomic mass is 10.1. The van der Waals surface area contributed by atoms with E-state index in [2.05, 4.69) is 43.3 Å². The molecular weight excluding hydrogens is 186 g/mol. The summed E-state index contributed by atoms with van der Waals surface area (Å²) in [5.41, 5.74) is 2.43. The van der Waals surface area contributed by atoms with Gasteiger partial charge in [-0.2, -0.15) is 0 Å². The van der Waals surface area contributed by atoms with Gasteiger partial charge < -0.3 is 9.72 Å². The molecule has 0 bridgehead atoms. The topological polar surface area (TPSA) is 29.3 Å². The molecule has 0 amide bonds. The van der Waals surface area contributed by atoms with Crippen molar-refractivity contribution in [1.29, 1.82) is 0 Å². The van der Waals surface area contributed by atoms with Crippen molar-refractivity contribution in [3.05, 3.63) is 36.3 Å². The Balaban J connectivity index is 2.15. The number of pyridine rings is 1. The summed E-state index contributed by atoms with van der Waals surface area (Å²) in [6.07, 6.45) is 5.90. The van der Waals surface area contributed by atoms with E-state index in [-0.39, 0.29) is 5.54 Å². The first-order valence-corrected chi connectivity index (χ1v) is 5.21. The van der Waals surface area contributed by atoms with Gasteiger partial charge in [0.25, 0.3) is 0 Å². The SMILES string of the molecule is CC(C)(C)NCc1ccc2nccn2c1. The fourth-order valence-electron chi connectivity index (χ4n) is 1.44. The van der Waals surface area contributed by atoms with Crippen LogP contribution in [0, 0.1) is 0 Å². The molecule has 0 radical (unpaired) electrons. The first kappa shape index (κ1) is 10.2. The van der Waals surface area contributed by atoms with Crippen LogP contribution in [0.3, 0.4) is 0 Å². The molecule has 80 valence electrons. The smallest absolute Gasteiger partial charge is 0.136 e. The van der Waals surface area contributed by atoms with Gasteiger partial charge in [-0.05, 0) is 32.4 Å². The Kier molecular flexibility index (Phi) is 2.49. The number of rotatable bonds is 2. The zero-order valence-corrected chi connectivity index (χ0v) is 9.49. The Hall–Kier alpha value is -1.35. The molecule has 2 aromatic rings. The molecule has 15 heavy (non-hydrogen) atoms. The highest BCUT2D eigenvalue weighted by Gasteiger charge is 2.08. The Morgan fingerprint density at radius 3 is 2.87 bits per heavy atom. The molecule has 2 aromatic heterocycles. The fraction of sp³-hybridized carbons (Fsp3) is 0.417. The highest BCUT2D eigenvalue weighted by Crippen LogP contribution is 2.06. The van der Waals surface area contributed by atoms with Crippen LogP contribution >= 0.6 is 0 Å². The number of aromatic nitrogens is 2. The van der Waals surface area contributed by atoms with E-state index in [4.69, 9.17) is 0 Å². The largest absolute Gasteiger partial charge is 0.308 e. The highest BCUT2D eigenvalue weighted by atomic mass is 15.0. The fourth-order valence-corrected chi connectivity index (χ4v) is 1.44. The first-order chi connectivity index (χ1) is 7.04. The predicted octanol–water partition coefficient (Wildman–Crippen LogP) is 2.22. The summed E-state index contributed by atoms with van der Waals surface area (Å²) < 4.78 is 2.04. The van der Waals surface area contributed by atoms with Gasteiger partial charge in [-0.1, -0.05) is 6.07 Å². The zero-order valence-electron chi connectivity index (χ0n) is 9.49. The van der Waals surface area contributed by atoms with E-state index in [9.17, 15) is 0 Å². The number of imidazole rings is 1. The van der Waals surface area contributed by atoms with Crippen molar-refractivity contribution in [3.8, 4) is 0 Å². The summed E-state index contributed by atoms with van der Waals surface area (Å²) in [6.45, 7) is 7.39. The van der Waals surface area contributed by atoms with Crippen molar-refractivity contribution in [2.45, 2.75) is 32.9 Å². The molecule has 2 rings (SSSR count). The second kappa shape index (κ2) is 3.66. The minimum atomic E-state index is 0.157. The molecule has 0 saturated carbocycles. The van der Waals surface area contributed by atoms with E-state index in [0.717, 1.165) is 12.2 Å². The molecule has 3 nitrogen and oxygen atoms in total. The Labute approximate surface area is 90.1 Å². The van der Waals surface area contributed by atoms with E-state index in [1.165, 1.54) is 5.56 Å². The van der Waals surface area contributed by atoms with Crippen molar-refractivity contribution in [2.75, 3.05) is 0 Å². The molecule has 1 N–H and O–H groups in total. The second-order valence-electron chi connectivity index (χ2n) is 4.83. The normalized spacial score (nSPS) is 12.2. The average Bonchev–Trinajstić information content (AvgIpc) is 2.60. The molecule has 0 spiro atoms. The van der Waals surface area contributed by atoms with Gasteiger partial charge >= 0.3 is 0 Å². The molecule has 0 fully saturated rings. The number of fused-ring (bicyclic) bond motifs is 1. The van der Waals surface area contributed by atoms with Gasteiger partial charge in [-0.15, -0.1) is 0 Å².